The maximum absolute atomic E-state index is 12.8. The van der Waals surface area contributed by atoms with Gasteiger partial charge >= 0.3 is 0 Å². The largest absolute Gasteiger partial charge is 0.494 e. The highest BCUT2D eigenvalue weighted by Gasteiger charge is 2.21. The van der Waals surface area contributed by atoms with E-state index in [0.29, 0.717) is 6.61 Å². The summed E-state index contributed by atoms with van der Waals surface area (Å²) in [5, 5.41) is 3.15. The summed E-state index contributed by atoms with van der Waals surface area (Å²) in [4.78, 5) is 12.8. The summed E-state index contributed by atoms with van der Waals surface area (Å²) in [7, 11) is 0. The number of ether oxygens (including phenoxy) is 1. The third-order valence-corrected chi connectivity index (χ3v) is 4.15. The summed E-state index contributed by atoms with van der Waals surface area (Å²) >= 11 is 0. The summed E-state index contributed by atoms with van der Waals surface area (Å²) in [6.07, 6.45) is 1.83. The molecule has 0 aliphatic heterocycles. The molecule has 2 aromatic carbocycles. The molecule has 0 saturated heterocycles. The van der Waals surface area contributed by atoms with Gasteiger partial charge in [-0.05, 0) is 43.5 Å². The van der Waals surface area contributed by atoms with E-state index in [1.807, 2.05) is 68.4 Å². The van der Waals surface area contributed by atoms with Gasteiger partial charge < -0.3 is 10.1 Å². The minimum absolute atomic E-state index is 0.0313. The Balaban J connectivity index is 2.05. The second-order valence-corrected chi connectivity index (χ2v) is 5.98. The number of hydrogen-bond donors (Lipinski definition) is 1. The molecule has 1 N–H and O–H groups in total. The minimum atomic E-state index is -0.0960. The molecule has 0 fully saturated rings. The lowest BCUT2D eigenvalue weighted by Crippen LogP contribution is -2.31. The van der Waals surface area contributed by atoms with Crippen LogP contribution in [0.1, 0.15) is 56.7 Å². The zero-order chi connectivity index (χ0) is 17.4. The van der Waals surface area contributed by atoms with Gasteiger partial charge in [0.2, 0.25) is 5.91 Å². The Bertz CT molecular complexity index is 622. The standard InChI is InChI=1S/C21H27NO2/c1-4-9-20(18-10-7-6-8-11-18)21(23)22-16(3)17-12-14-19(15-13-17)24-5-2/h6-8,10-16,20H,4-5,9H2,1-3H3,(H,22,23). The zero-order valence-electron chi connectivity index (χ0n) is 14.8. The predicted molar refractivity (Wildman–Crippen MR) is 98.3 cm³/mol. The third kappa shape index (κ3) is 4.85. The van der Waals surface area contributed by atoms with Gasteiger partial charge in [0.1, 0.15) is 5.75 Å². The number of hydrogen-bond acceptors (Lipinski definition) is 2. The van der Waals surface area contributed by atoms with Crippen molar-refractivity contribution in [1.82, 2.24) is 5.32 Å². The van der Waals surface area contributed by atoms with E-state index >= 15 is 0 Å². The molecule has 0 radical (unpaired) electrons. The van der Waals surface area contributed by atoms with Gasteiger partial charge in [-0.25, -0.2) is 0 Å². The molecule has 3 heteroatoms. The van der Waals surface area contributed by atoms with E-state index < -0.39 is 0 Å². The van der Waals surface area contributed by atoms with Crippen molar-refractivity contribution < 1.29 is 9.53 Å². The van der Waals surface area contributed by atoms with Crippen molar-refractivity contribution in [3.8, 4) is 5.75 Å². The molecule has 2 unspecified atom stereocenters. The highest BCUT2D eigenvalue weighted by Crippen LogP contribution is 2.24. The average molecular weight is 325 g/mol. The smallest absolute Gasteiger partial charge is 0.228 e. The zero-order valence-corrected chi connectivity index (χ0v) is 14.8. The summed E-state index contributed by atoms with van der Waals surface area (Å²) in [6, 6.07) is 17.9. The average Bonchev–Trinajstić information content (AvgIpc) is 2.61. The van der Waals surface area contributed by atoms with Crippen LogP contribution < -0.4 is 10.1 Å². The fraction of sp³-hybridized carbons (Fsp3) is 0.381. The van der Waals surface area contributed by atoms with Crippen LogP contribution in [-0.4, -0.2) is 12.5 Å². The van der Waals surface area contributed by atoms with E-state index in [9.17, 15) is 4.79 Å². The van der Waals surface area contributed by atoms with Crippen molar-refractivity contribution in [2.45, 2.75) is 45.6 Å². The number of nitrogens with one attached hydrogen (secondary N) is 1. The molecule has 0 bridgehead atoms. The van der Waals surface area contributed by atoms with Gasteiger partial charge in [0.05, 0.1) is 18.6 Å². The molecule has 1 amide bonds. The van der Waals surface area contributed by atoms with E-state index in [2.05, 4.69) is 12.2 Å². The normalized spacial score (nSPS) is 13.1. The van der Waals surface area contributed by atoms with Gasteiger partial charge in [-0.15, -0.1) is 0 Å². The molecule has 2 aromatic rings. The summed E-state index contributed by atoms with van der Waals surface area (Å²) in [5.41, 5.74) is 2.16. The summed E-state index contributed by atoms with van der Waals surface area (Å²) in [6.45, 7) is 6.75. The van der Waals surface area contributed by atoms with Crippen molar-refractivity contribution in [1.29, 1.82) is 0 Å². The Morgan fingerprint density at radius 2 is 1.67 bits per heavy atom. The number of carbonyl (C=O) groups is 1. The van der Waals surface area contributed by atoms with E-state index in [1.165, 1.54) is 0 Å². The first-order valence-electron chi connectivity index (χ1n) is 8.73. The molecule has 0 aliphatic rings. The third-order valence-electron chi connectivity index (χ3n) is 4.15. The maximum atomic E-state index is 12.8. The lowest BCUT2D eigenvalue weighted by atomic mass is 9.93. The summed E-state index contributed by atoms with van der Waals surface area (Å²) < 4.78 is 5.46. The molecular weight excluding hydrogens is 298 g/mol. The lowest BCUT2D eigenvalue weighted by molar-refractivity contribution is -0.123. The topological polar surface area (TPSA) is 38.3 Å². The molecular formula is C21H27NO2. The molecule has 128 valence electrons. The monoisotopic (exact) mass is 325 g/mol. The molecule has 0 aromatic heterocycles. The lowest BCUT2D eigenvalue weighted by Gasteiger charge is -2.21. The van der Waals surface area contributed by atoms with Crippen molar-refractivity contribution in [2.75, 3.05) is 6.61 Å². The van der Waals surface area contributed by atoms with E-state index in [-0.39, 0.29) is 17.9 Å². The Hall–Kier alpha value is -2.29. The van der Waals surface area contributed by atoms with Crippen molar-refractivity contribution in [3.05, 3.63) is 65.7 Å². The van der Waals surface area contributed by atoms with Crippen LogP contribution in [0.2, 0.25) is 0 Å². The minimum Gasteiger partial charge on any atom is -0.494 e. The van der Waals surface area contributed by atoms with Crippen LogP contribution in [0, 0.1) is 0 Å². The van der Waals surface area contributed by atoms with Crippen LogP contribution in [0.4, 0.5) is 0 Å². The maximum Gasteiger partial charge on any atom is 0.228 e. The first-order valence-corrected chi connectivity index (χ1v) is 8.73. The Morgan fingerprint density at radius 3 is 2.25 bits per heavy atom. The van der Waals surface area contributed by atoms with Crippen LogP contribution in [0.25, 0.3) is 0 Å². The first kappa shape index (κ1) is 18.1. The second-order valence-electron chi connectivity index (χ2n) is 5.98. The van der Waals surface area contributed by atoms with E-state index in [1.54, 1.807) is 0 Å². The Kier molecular flexibility index (Phi) is 6.86. The molecule has 0 aliphatic carbocycles. The van der Waals surface area contributed by atoms with Gasteiger partial charge in [0.25, 0.3) is 0 Å². The van der Waals surface area contributed by atoms with Crippen LogP contribution in [0.15, 0.2) is 54.6 Å². The first-order chi connectivity index (χ1) is 11.7. The van der Waals surface area contributed by atoms with E-state index in [0.717, 1.165) is 29.7 Å². The van der Waals surface area contributed by atoms with E-state index in [4.69, 9.17) is 4.74 Å². The van der Waals surface area contributed by atoms with Crippen LogP contribution >= 0.6 is 0 Å². The van der Waals surface area contributed by atoms with Crippen LogP contribution in [-0.2, 0) is 4.79 Å². The SMILES string of the molecule is CCCC(C(=O)NC(C)c1ccc(OCC)cc1)c1ccccc1. The molecule has 0 spiro atoms. The van der Waals surface area contributed by atoms with Crippen molar-refractivity contribution >= 4 is 5.91 Å². The fourth-order valence-electron chi connectivity index (χ4n) is 2.84. The molecule has 0 heterocycles. The molecule has 0 saturated carbocycles. The quantitative estimate of drug-likeness (QED) is 0.753. The molecule has 2 rings (SSSR count). The van der Waals surface area contributed by atoms with Crippen molar-refractivity contribution in [2.24, 2.45) is 0 Å². The Morgan fingerprint density at radius 1 is 1.00 bits per heavy atom. The Labute approximate surface area is 145 Å². The fourth-order valence-corrected chi connectivity index (χ4v) is 2.84. The van der Waals surface area contributed by atoms with Gasteiger partial charge in [0, 0.05) is 0 Å². The van der Waals surface area contributed by atoms with Gasteiger partial charge in [-0.1, -0.05) is 55.8 Å². The second kappa shape index (κ2) is 9.11. The highest BCUT2D eigenvalue weighted by atomic mass is 16.5. The number of benzene rings is 2. The number of carbonyl (C=O) groups excluding carboxylic acids is 1. The molecule has 2 atom stereocenters. The van der Waals surface area contributed by atoms with Crippen LogP contribution in [0.3, 0.4) is 0 Å². The number of amides is 1. The van der Waals surface area contributed by atoms with Gasteiger partial charge in [-0.2, -0.15) is 0 Å². The van der Waals surface area contributed by atoms with Gasteiger partial charge in [-0.3, -0.25) is 4.79 Å². The summed E-state index contributed by atoms with van der Waals surface area (Å²) in [5.74, 6) is 0.846. The highest BCUT2D eigenvalue weighted by molar-refractivity contribution is 5.84. The molecule has 24 heavy (non-hydrogen) atoms. The predicted octanol–water partition coefficient (Wildman–Crippen LogP) is 4.85. The van der Waals surface area contributed by atoms with Gasteiger partial charge in [0.15, 0.2) is 0 Å². The number of rotatable bonds is 8. The molecule has 3 nitrogen and oxygen atoms in total. The van der Waals surface area contributed by atoms with Crippen LogP contribution in [0.5, 0.6) is 5.75 Å². The van der Waals surface area contributed by atoms with Crippen molar-refractivity contribution in [3.63, 3.8) is 0 Å².